The van der Waals surface area contributed by atoms with E-state index in [9.17, 15) is 9.18 Å². The number of para-hydroxylation sites is 1. The number of hydrogen-bond donors (Lipinski definition) is 1. The van der Waals surface area contributed by atoms with E-state index in [0.717, 1.165) is 5.69 Å². The van der Waals surface area contributed by atoms with E-state index < -0.39 is 0 Å². The fourth-order valence-electron chi connectivity index (χ4n) is 3.49. The monoisotopic (exact) mass is 485 g/mol. The van der Waals surface area contributed by atoms with Crippen LogP contribution in [0.15, 0.2) is 79.0 Å². The van der Waals surface area contributed by atoms with Crippen molar-refractivity contribution in [1.82, 2.24) is 20.0 Å². The molecule has 0 radical (unpaired) electrons. The number of carbonyl (C=O) groups is 1. The molecule has 1 N–H and O–H groups in total. The predicted octanol–water partition coefficient (Wildman–Crippen LogP) is 5.77. The number of aromatic nitrogens is 4. The molecule has 0 aliphatic heterocycles. The number of rotatable bonds is 6. The third kappa shape index (κ3) is 4.67. The lowest BCUT2D eigenvalue weighted by Gasteiger charge is -2.03. The lowest BCUT2D eigenvalue weighted by molar-refractivity contribution is 0.102. The first-order valence-electron chi connectivity index (χ1n) is 10.7. The average molecular weight is 486 g/mol. The molecule has 7 nitrogen and oxygen atoms in total. The normalized spacial score (nSPS) is 10.8. The number of aryl methyl sites for hydroxylation is 1. The molecule has 5 rings (SSSR count). The minimum absolute atomic E-state index is 0.309. The van der Waals surface area contributed by atoms with Gasteiger partial charge in [-0.15, -0.1) is 10.2 Å². The van der Waals surface area contributed by atoms with E-state index in [1.54, 1.807) is 49.0 Å². The molecule has 174 valence electrons. The quantitative estimate of drug-likeness (QED) is 0.330. The number of anilines is 1. The van der Waals surface area contributed by atoms with Gasteiger partial charge in [-0.05, 0) is 55.0 Å². The van der Waals surface area contributed by atoms with Crippen molar-refractivity contribution in [3.8, 4) is 33.3 Å². The van der Waals surface area contributed by atoms with Gasteiger partial charge in [-0.25, -0.2) is 9.07 Å². The number of benzene rings is 3. The number of amides is 1. The van der Waals surface area contributed by atoms with Crippen LogP contribution in [0.1, 0.15) is 15.9 Å². The molecule has 0 fully saturated rings. The third-order valence-corrected chi connectivity index (χ3v) is 6.28. The maximum absolute atomic E-state index is 14.4. The zero-order valence-electron chi connectivity index (χ0n) is 18.9. The number of methoxy groups -OCH3 is 1. The minimum Gasteiger partial charge on any atom is -0.497 e. The summed E-state index contributed by atoms with van der Waals surface area (Å²) in [6.07, 6.45) is 1.83. The second kappa shape index (κ2) is 9.47. The molecule has 0 spiro atoms. The van der Waals surface area contributed by atoms with Crippen molar-refractivity contribution in [2.24, 2.45) is 0 Å². The van der Waals surface area contributed by atoms with Gasteiger partial charge in [0.1, 0.15) is 17.3 Å². The van der Waals surface area contributed by atoms with Crippen LogP contribution >= 0.6 is 11.3 Å². The number of ether oxygens (including phenoxy) is 1. The van der Waals surface area contributed by atoms with Crippen molar-refractivity contribution in [3.63, 3.8) is 0 Å². The second-order valence-corrected chi connectivity index (χ2v) is 8.71. The Bertz CT molecular complexity index is 1500. The molecule has 0 aliphatic rings. The molecule has 0 unspecified atom stereocenters. The number of carbonyl (C=O) groups excluding carboxylic acids is 1. The van der Waals surface area contributed by atoms with Crippen LogP contribution in [-0.4, -0.2) is 33.0 Å². The van der Waals surface area contributed by atoms with Gasteiger partial charge in [0, 0.05) is 17.3 Å². The van der Waals surface area contributed by atoms with Crippen LogP contribution in [0.25, 0.3) is 27.5 Å². The van der Waals surface area contributed by atoms with Crippen LogP contribution in [0.5, 0.6) is 5.75 Å². The van der Waals surface area contributed by atoms with Gasteiger partial charge in [-0.3, -0.25) is 10.1 Å². The van der Waals surface area contributed by atoms with E-state index in [1.165, 1.54) is 17.4 Å². The van der Waals surface area contributed by atoms with Gasteiger partial charge in [0.2, 0.25) is 5.13 Å². The van der Waals surface area contributed by atoms with E-state index in [0.29, 0.717) is 43.8 Å². The molecule has 1 amide bonds. The topological polar surface area (TPSA) is 81.9 Å². The van der Waals surface area contributed by atoms with Gasteiger partial charge in [0.05, 0.1) is 18.4 Å². The van der Waals surface area contributed by atoms with Crippen LogP contribution in [0.4, 0.5) is 9.52 Å². The highest BCUT2D eigenvalue weighted by molar-refractivity contribution is 7.18. The van der Waals surface area contributed by atoms with E-state index in [4.69, 9.17) is 9.84 Å². The van der Waals surface area contributed by atoms with Crippen molar-refractivity contribution in [2.75, 3.05) is 12.4 Å². The molecule has 0 saturated heterocycles. The Morgan fingerprint density at radius 2 is 1.80 bits per heavy atom. The van der Waals surface area contributed by atoms with E-state index >= 15 is 0 Å². The zero-order valence-corrected chi connectivity index (χ0v) is 19.7. The Hall–Kier alpha value is -4.37. The molecular formula is C26H20FN5O2S. The standard InChI is InChI=1S/C26H20FN5O2S/c1-16-8-9-18(14-22(16)27)23-21(15-32(31-23)19-6-4-3-5-7-19)25-29-30-26(35-25)28-24(33)17-10-12-20(34-2)13-11-17/h3-15H,1-2H3,(H,28,30,33). The summed E-state index contributed by atoms with van der Waals surface area (Å²) in [7, 11) is 1.57. The Balaban J connectivity index is 1.49. The highest BCUT2D eigenvalue weighted by Gasteiger charge is 2.19. The fourth-order valence-corrected chi connectivity index (χ4v) is 4.24. The van der Waals surface area contributed by atoms with Crippen LogP contribution in [0, 0.1) is 12.7 Å². The summed E-state index contributed by atoms with van der Waals surface area (Å²) >= 11 is 1.22. The first kappa shape index (κ1) is 22.4. The van der Waals surface area contributed by atoms with Crippen LogP contribution < -0.4 is 10.1 Å². The molecule has 0 atom stereocenters. The van der Waals surface area contributed by atoms with E-state index in [1.807, 2.05) is 42.6 Å². The summed E-state index contributed by atoms with van der Waals surface area (Å²) in [5.74, 6) is 0.0406. The molecule has 0 saturated carbocycles. The lowest BCUT2D eigenvalue weighted by Crippen LogP contribution is -2.11. The van der Waals surface area contributed by atoms with E-state index in [-0.39, 0.29) is 11.7 Å². The highest BCUT2D eigenvalue weighted by Crippen LogP contribution is 2.35. The molecule has 9 heteroatoms. The summed E-state index contributed by atoms with van der Waals surface area (Å²) < 4.78 is 21.2. The average Bonchev–Trinajstić information content (AvgIpc) is 3.54. The second-order valence-electron chi connectivity index (χ2n) is 7.73. The summed E-state index contributed by atoms with van der Waals surface area (Å²) in [4.78, 5) is 12.6. The van der Waals surface area contributed by atoms with Crippen LogP contribution in [0.3, 0.4) is 0 Å². The highest BCUT2D eigenvalue weighted by atomic mass is 32.1. The number of halogens is 1. The molecule has 35 heavy (non-hydrogen) atoms. The van der Waals surface area contributed by atoms with Gasteiger partial charge in [0.15, 0.2) is 5.01 Å². The largest absolute Gasteiger partial charge is 0.497 e. The predicted molar refractivity (Wildman–Crippen MR) is 134 cm³/mol. The smallest absolute Gasteiger partial charge is 0.257 e. The summed E-state index contributed by atoms with van der Waals surface area (Å²) in [6, 6.07) is 21.4. The molecular weight excluding hydrogens is 465 g/mol. The van der Waals surface area contributed by atoms with Crippen molar-refractivity contribution >= 4 is 22.4 Å². The van der Waals surface area contributed by atoms with Crippen LogP contribution in [-0.2, 0) is 0 Å². The summed E-state index contributed by atoms with van der Waals surface area (Å²) in [5, 5.41) is 16.8. The Morgan fingerprint density at radius 1 is 1.03 bits per heavy atom. The molecule has 0 bridgehead atoms. The molecule has 2 heterocycles. The summed E-state index contributed by atoms with van der Waals surface area (Å²) in [5.41, 5.74) is 3.74. The van der Waals surface area contributed by atoms with Gasteiger partial charge >= 0.3 is 0 Å². The van der Waals surface area contributed by atoms with Crippen molar-refractivity contribution in [2.45, 2.75) is 6.92 Å². The van der Waals surface area contributed by atoms with Gasteiger partial charge in [-0.1, -0.05) is 41.7 Å². The van der Waals surface area contributed by atoms with Crippen LogP contribution in [0.2, 0.25) is 0 Å². The third-order valence-electron chi connectivity index (χ3n) is 5.41. The minimum atomic E-state index is -0.313. The lowest BCUT2D eigenvalue weighted by atomic mass is 10.1. The number of nitrogens with one attached hydrogen (secondary N) is 1. The Morgan fingerprint density at radius 3 is 2.51 bits per heavy atom. The molecule has 0 aliphatic carbocycles. The molecule has 3 aromatic carbocycles. The number of nitrogens with zero attached hydrogens (tertiary/aromatic N) is 4. The first-order valence-corrected chi connectivity index (χ1v) is 11.5. The molecule has 2 aromatic heterocycles. The fraction of sp³-hybridized carbons (Fsp3) is 0.0769. The van der Waals surface area contributed by atoms with Crippen molar-refractivity contribution in [3.05, 3.63) is 95.9 Å². The SMILES string of the molecule is COc1ccc(C(=O)Nc2nnc(-c3cn(-c4ccccc4)nc3-c3ccc(C)c(F)c3)s2)cc1. The Labute approximate surface area is 204 Å². The van der Waals surface area contributed by atoms with Crippen molar-refractivity contribution < 1.29 is 13.9 Å². The van der Waals surface area contributed by atoms with Gasteiger partial charge < -0.3 is 4.74 Å². The van der Waals surface area contributed by atoms with E-state index in [2.05, 4.69) is 15.5 Å². The maximum atomic E-state index is 14.4. The zero-order chi connectivity index (χ0) is 24.4. The van der Waals surface area contributed by atoms with Gasteiger partial charge in [-0.2, -0.15) is 5.10 Å². The maximum Gasteiger partial charge on any atom is 0.257 e. The van der Waals surface area contributed by atoms with Gasteiger partial charge in [0.25, 0.3) is 5.91 Å². The summed E-state index contributed by atoms with van der Waals surface area (Å²) in [6.45, 7) is 1.71. The molecule has 5 aromatic rings. The number of hydrogen-bond acceptors (Lipinski definition) is 6. The first-order chi connectivity index (χ1) is 17.0. The Kier molecular flexibility index (Phi) is 6.07. The van der Waals surface area contributed by atoms with Crippen molar-refractivity contribution in [1.29, 1.82) is 0 Å².